The van der Waals surface area contributed by atoms with Gasteiger partial charge >= 0.3 is 0 Å². The van der Waals surface area contributed by atoms with Crippen LogP contribution in [0.4, 0.5) is 11.4 Å². The third kappa shape index (κ3) is 2.74. The van der Waals surface area contributed by atoms with E-state index in [2.05, 4.69) is 0 Å². The Morgan fingerprint density at radius 3 is 1.65 bits per heavy atom. The van der Waals surface area contributed by atoms with Gasteiger partial charge in [0.2, 0.25) is 11.8 Å². The summed E-state index contributed by atoms with van der Waals surface area (Å²) in [7, 11) is 0. The molecular weight excluding hydrogens is 468 g/mol. The van der Waals surface area contributed by atoms with E-state index >= 15 is 0 Å². The molecule has 37 heavy (non-hydrogen) atoms. The topological polar surface area (TPSA) is 97.6 Å². The normalized spacial score (nSPS) is 28.3. The lowest BCUT2D eigenvalue weighted by atomic mass is 9.63. The number of nitro benzene ring substituents is 1. The summed E-state index contributed by atoms with van der Waals surface area (Å²) >= 11 is 0. The molecule has 3 aliphatic rings. The second-order valence-electron chi connectivity index (χ2n) is 10.4. The molecule has 1 saturated heterocycles. The number of hydrogen-bond acceptors (Lipinski definition) is 5. The summed E-state index contributed by atoms with van der Waals surface area (Å²) in [6.07, 6.45) is 0. The molecule has 1 saturated carbocycles. The van der Waals surface area contributed by atoms with Crippen LogP contribution in [-0.2, 0) is 14.4 Å². The van der Waals surface area contributed by atoms with Gasteiger partial charge in [-0.1, -0.05) is 66.7 Å². The van der Waals surface area contributed by atoms with Gasteiger partial charge in [-0.05, 0) is 48.6 Å². The number of benzene rings is 3. The number of ketones is 1. The third-order valence-corrected chi connectivity index (χ3v) is 8.55. The fraction of sp³-hybridized carbons (Fsp3) is 0.233. The molecule has 4 atom stereocenters. The van der Waals surface area contributed by atoms with Crippen molar-refractivity contribution in [1.82, 2.24) is 0 Å². The van der Waals surface area contributed by atoms with Gasteiger partial charge in [-0.2, -0.15) is 0 Å². The summed E-state index contributed by atoms with van der Waals surface area (Å²) in [6, 6.07) is 23.2. The summed E-state index contributed by atoms with van der Waals surface area (Å²) in [5, 5.41) is 11.5. The molecule has 0 radical (unpaired) electrons. The Morgan fingerprint density at radius 1 is 0.757 bits per heavy atom. The number of hydrogen-bond donors (Lipinski definition) is 0. The maximum absolute atomic E-state index is 14.3. The Labute approximate surface area is 213 Å². The third-order valence-electron chi connectivity index (χ3n) is 8.55. The van der Waals surface area contributed by atoms with E-state index in [4.69, 9.17) is 0 Å². The first-order valence-corrected chi connectivity index (χ1v) is 12.2. The number of imide groups is 1. The van der Waals surface area contributed by atoms with Gasteiger partial charge in [-0.25, -0.2) is 4.90 Å². The molecule has 2 aliphatic carbocycles. The number of aryl methyl sites for hydroxylation is 1. The zero-order valence-corrected chi connectivity index (χ0v) is 20.6. The minimum absolute atomic E-state index is 0.134. The molecule has 3 aromatic carbocycles. The van der Waals surface area contributed by atoms with E-state index in [0.717, 1.165) is 27.2 Å². The Hall–Kier alpha value is -4.39. The van der Waals surface area contributed by atoms with Crippen molar-refractivity contribution in [3.8, 4) is 0 Å². The van der Waals surface area contributed by atoms with Crippen LogP contribution in [-0.4, -0.2) is 22.5 Å². The molecular formula is C30H24N2O5. The Morgan fingerprint density at radius 2 is 1.22 bits per heavy atom. The van der Waals surface area contributed by atoms with Crippen molar-refractivity contribution >= 4 is 40.1 Å². The van der Waals surface area contributed by atoms with Crippen molar-refractivity contribution in [1.29, 1.82) is 0 Å². The molecule has 6 rings (SSSR count). The number of rotatable bonds is 4. The van der Waals surface area contributed by atoms with Crippen LogP contribution in [0.3, 0.4) is 0 Å². The molecule has 1 aliphatic heterocycles. The number of allylic oxidation sites excluding steroid dienone is 2. The molecule has 7 heteroatoms. The molecule has 0 unspecified atom stereocenters. The second kappa shape index (κ2) is 7.56. The van der Waals surface area contributed by atoms with Gasteiger partial charge in [0.05, 0.1) is 33.3 Å². The van der Waals surface area contributed by atoms with Crippen LogP contribution in [0.5, 0.6) is 0 Å². The Balaban J connectivity index is 1.61. The summed E-state index contributed by atoms with van der Waals surface area (Å²) in [5.74, 6) is -2.92. The number of anilines is 1. The highest BCUT2D eigenvalue weighted by molar-refractivity contribution is 6.34. The van der Waals surface area contributed by atoms with Gasteiger partial charge in [0.15, 0.2) is 5.78 Å². The van der Waals surface area contributed by atoms with Gasteiger partial charge in [-0.15, -0.1) is 0 Å². The van der Waals surface area contributed by atoms with Crippen molar-refractivity contribution < 1.29 is 19.3 Å². The molecule has 2 amide bonds. The predicted molar refractivity (Wildman–Crippen MR) is 138 cm³/mol. The maximum Gasteiger partial charge on any atom is 0.271 e. The van der Waals surface area contributed by atoms with Crippen LogP contribution in [0, 0.1) is 39.7 Å². The molecule has 184 valence electrons. The smallest absolute Gasteiger partial charge is 0.271 e. The van der Waals surface area contributed by atoms with Crippen molar-refractivity contribution in [3.05, 3.63) is 106 Å². The minimum Gasteiger partial charge on any atom is -0.298 e. The predicted octanol–water partition coefficient (Wildman–Crippen LogP) is 5.23. The molecule has 3 aromatic rings. The van der Waals surface area contributed by atoms with Crippen molar-refractivity contribution in [2.45, 2.75) is 20.8 Å². The number of carbonyl (C=O) groups is 3. The fourth-order valence-corrected chi connectivity index (χ4v) is 7.00. The first-order valence-electron chi connectivity index (χ1n) is 12.2. The number of non-ortho nitro benzene ring substituents is 1. The Kier molecular flexibility index (Phi) is 4.70. The fourth-order valence-electron chi connectivity index (χ4n) is 7.00. The highest BCUT2D eigenvalue weighted by Gasteiger charge is 2.79. The van der Waals surface area contributed by atoms with Crippen molar-refractivity contribution in [2.75, 3.05) is 4.90 Å². The zero-order chi connectivity index (χ0) is 26.3. The summed E-state index contributed by atoms with van der Waals surface area (Å²) in [5.41, 5.74) is 1.31. The molecule has 1 heterocycles. The lowest BCUT2D eigenvalue weighted by molar-refractivity contribution is -0.384. The zero-order valence-electron chi connectivity index (χ0n) is 20.6. The van der Waals surface area contributed by atoms with Gasteiger partial charge in [-0.3, -0.25) is 24.5 Å². The van der Waals surface area contributed by atoms with E-state index in [1.54, 1.807) is 20.8 Å². The van der Waals surface area contributed by atoms with Crippen LogP contribution in [0.15, 0.2) is 78.9 Å². The first kappa shape index (κ1) is 23.0. The van der Waals surface area contributed by atoms with Gasteiger partial charge < -0.3 is 0 Å². The van der Waals surface area contributed by atoms with E-state index in [9.17, 15) is 24.5 Å². The first-order chi connectivity index (χ1) is 17.6. The van der Waals surface area contributed by atoms with Gasteiger partial charge in [0.1, 0.15) is 0 Å². The Bertz CT molecular complexity index is 1480. The van der Waals surface area contributed by atoms with E-state index in [0.29, 0.717) is 5.56 Å². The SMILES string of the molecule is Cc1ccc([N+](=O)[O-])cc1N1C(=O)[C@H]2[C@H](C1=O)[C@@]1(C)C(=O)[C@@]2(C)C(c2ccccc2)=C1c1ccccc1. The van der Waals surface area contributed by atoms with Crippen LogP contribution in [0.1, 0.15) is 30.5 Å². The maximum atomic E-state index is 14.3. The van der Waals surface area contributed by atoms with E-state index < -0.39 is 39.4 Å². The number of carbonyl (C=O) groups excluding carboxylic acids is 3. The van der Waals surface area contributed by atoms with Crippen LogP contribution < -0.4 is 4.90 Å². The second-order valence-corrected chi connectivity index (χ2v) is 10.4. The summed E-state index contributed by atoms with van der Waals surface area (Å²) < 4.78 is 0. The lowest BCUT2D eigenvalue weighted by Gasteiger charge is -2.35. The van der Waals surface area contributed by atoms with Gasteiger partial charge in [0.25, 0.3) is 5.69 Å². The largest absolute Gasteiger partial charge is 0.298 e. The quantitative estimate of drug-likeness (QED) is 0.282. The van der Waals surface area contributed by atoms with Crippen molar-refractivity contribution in [2.24, 2.45) is 22.7 Å². The number of nitro groups is 1. The van der Waals surface area contributed by atoms with Crippen molar-refractivity contribution in [3.63, 3.8) is 0 Å². The highest BCUT2D eigenvalue weighted by Crippen LogP contribution is 2.73. The molecule has 2 fully saturated rings. The lowest BCUT2D eigenvalue weighted by Crippen LogP contribution is -2.40. The van der Waals surface area contributed by atoms with Crippen LogP contribution in [0.25, 0.3) is 11.1 Å². The standard InChI is InChI=1S/C30H24N2O5/c1-17-14-15-20(32(36)37)16-21(17)31-26(33)24-25(27(31)34)30(3)23(19-12-8-5-9-13-19)22(29(24,2)28(30)35)18-10-6-4-7-11-18/h4-16,24-25H,1-3H3/t24-,25-,29+,30+/m1/s1. The number of amides is 2. The van der Waals surface area contributed by atoms with Crippen LogP contribution >= 0.6 is 0 Å². The van der Waals surface area contributed by atoms with Crippen LogP contribution in [0.2, 0.25) is 0 Å². The molecule has 2 bridgehead atoms. The number of Topliss-reactive ketones (excluding diaryl/α,β-unsaturated/α-hetero) is 1. The van der Waals surface area contributed by atoms with E-state index in [1.165, 1.54) is 18.2 Å². The molecule has 0 N–H and O–H groups in total. The van der Waals surface area contributed by atoms with E-state index in [-0.39, 0.29) is 17.2 Å². The number of fused-ring (bicyclic) bond motifs is 5. The molecule has 0 aromatic heterocycles. The summed E-state index contributed by atoms with van der Waals surface area (Å²) in [4.78, 5) is 54.5. The number of nitrogens with zero attached hydrogens (tertiary/aromatic N) is 2. The van der Waals surface area contributed by atoms with E-state index in [1.807, 2.05) is 60.7 Å². The average molecular weight is 493 g/mol. The molecule has 0 spiro atoms. The average Bonchev–Trinajstić information content (AvgIpc) is 3.34. The summed E-state index contributed by atoms with van der Waals surface area (Å²) in [6.45, 7) is 5.27. The molecule has 7 nitrogen and oxygen atoms in total. The highest BCUT2D eigenvalue weighted by atomic mass is 16.6. The monoisotopic (exact) mass is 492 g/mol. The minimum atomic E-state index is -1.23. The van der Waals surface area contributed by atoms with Gasteiger partial charge in [0, 0.05) is 12.1 Å².